The molecule has 2 nitrogen and oxygen atoms in total. The summed E-state index contributed by atoms with van der Waals surface area (Å²) < 4.78 is 0. The van der Waals surface area contributed by atoms with E-state index in [4.69, 9.17) is 0 Å². The van der Waals surface area contributed by atoms with Gasteiger partial charge in [-0.1, -0.05) is 51.8 Å². The van der Waals surface area contributed by atoms with Crippen molar-refractivity contribution in [1.82, 2.24) is 0 Å². The maximum absolute atomic E-state index is 12.0. The molecular weight excluding hydrogens is 260 g/mol. The van der Waals surface area contributed by atoms with E-state index in [1.165, 1.54) is 0 Å². The fourth-order valence-corrected chi connectivity index (χ4v) is 2.95. The standard InChI is InChI=1S/C19H30O2/c1-4-8-18(20)17-10-7-9-16(15-17)11-14-19(21,12-5-2)13-6-3/h7,9-10,15,21H,4-6,8,11-14H2,1-3H3. The maximum atomic E-state index is 12.0. The molecule has 0 saturated heterocycles. The van der Waals surface area contributed by atoms with Crippen molar-refractivity contribution in [1.29, 1.82) is 0 Å². The zero-order valence-corrected chi connectivity index (χ0v) is 13.8. The van der Waals surface area contributed by atoms with Crippen LogP contribution in [0, 0.1) is 0 Å². The van der Waals surface area contributed by atoms with Gasteiger partial charge in [0.05, 0.1) is 5.60 Å². The first-order valence-electron chi connectivity index (χ1n) is 8.39. The molecule has 1 N–H and O–H groups in total. The van der Waals surface area contributed by atoms with Gasteiger partial charge in [-0.25, -0.2) is 0 Å². The van der Waals surface area contributed by atoms with Crippen molar-refractivity contribution in [3.63, 3.8) is 0 Å². The van der Waals surface area contributed by atoms with Crippen LogP contribution < -0.4 is 0 Å². The largest absolute Gasteiger partial charge is 0.390 e. The van der Waals surface area contributed by atoms with E-state index in [0.717, 1.165) is 56.1 Å². The van der Waals surface area contributed by atoms with Crippen LogP contribution >= 0.6 is 0 Å². The lowest BCUT2D eigenvalue weighted by Crippen LogP contribution is -2.28. The summed E-state index contributed by atoms with van der Waals surface area (Å²) in [5.74, 6) is 0.219. The summed E-state index contributed by atoms with van der Waals surface area (Å²) >= 11 is 0. The van der Waals surface area contributed by atoms with E-state index in [9.17, 15) is 9.90 Å². The minimum atomic E-state index is -0.549. The van der Waals surface area contributed by atoms with Gasteiger partial charge >= 0.3 is 0 Å². The van der Waals surface area contributed by atoms with Crippen molar-refractivity contribution in [3.8, 4) is 0 Å². The third-order valence-electron chi connectivity index (χ3n) is 4.04. The molecule has 0 atom stereocenters. The molecule has 0 unspecified atom stereocenters. The molecule has 2 heteroatoms. The summed E-state index contributed by atoms with van der Waals surface area (Å²) in [5.41, 5.74) is 1.42. The Balaban J connectivity index is 2.70. The van der Waals surface area contributed by atoms with Crippen LogP contribution in [-0.4, -0.2) is 16.5 Å². The highest BCUT2D eigenvalue weighted by atomic mass is 16.3. The number of aliphatic hydroxyl groups is 1. The molecule has 1 aromatic rings. The molecule has 1 aromatic carbocycles. The highest BCUT2D eigenvalue weighted by molar-refractivity contribution is 5.96. The first kappa shape index (κ1) is 17.9. The lowest BCUT2D eigenvalue weighted by atomic mass is 9.86. The van der Waals surface area contributed by atoms with Crippen LogP contribution in [-0.2, 0) is 6.42 Å². The highest BCUT2D eigenvalue weighted by Gasteiger charge is 2.24. The quantitative estimate of drug-likeness (QED) is 0.620. The second kappa shape index (κ2) is 8.99. The molecule has 0 bridgehead atoms. The van der Waals surface area contributed by atoms with Crippen molar-refractivity contribution < 1.29 is 9.90 Å². The van der Waals surface area contributed by atoms with Gasteiger partial charge in [-0.15, -0.1) is 0 Å². The Bertz CT molecular complexity index is 431. The molecule has 0 aromatic heterocycles. The fraction of sp³-hybridized carbons (Fsp3) is 0.632. The smallest absolute Gasteiger partial charge is 0.162 e. The van der Waals surface area contributed by atoms with Crippen LogP contribution in [0.3, 0.4) is 0 Å². The normalized spacial score (nSPS) is 11.6. The summed E-state index contributed by atoms with van der Waals surface area (Å²) in [5, 5.41) is 10.7. The third kappa shape index (κ3) is 6.01. The van der Waals surface area contributed by atoms with E-state index in [2.05, 4.69) is 19.9 Å². The van der Waals surface area contributed by atoms with E-state index in [-0.39, 0.29) is 5.78 Å². The SMILES string of the molecule is CCCC(=O)c1cccc(CCC(O)(CCC)CCC)c1. The number of aryl methyl sites for hydroxylation is 1. The second-order valence-corrected chi connectivity index (χ2v) is 6.10. The lowest BCUT2D eigenvalue weighted by Gasteiger charge is -2.27. The molecule has 0 aliphatic rings. The molecule has 0 aliphatic heterocycles. The zero-order chi connectivity index (χ0) is 15.7. The van der Waals surface area contributed by atoms with Gasteiger partial charge < -0.3 is 5.11 Å². The van der Waals surface area contributed by atoms with E-state index in [0.29, 0.717) is 6.42 Å². The van der Waals surface area contributed by atoms with Gasteiger partial charge in [-0.05, 0) is 43.7 Å². The van der Waals surface area contributed by atoms with Crippen molar-refractivity contribution in [2.24, 2.45) is 0 Å². The van der Waals surface area contributed by atoms with Crippen LogP contribution in [0.15, 0.2) is 24.3 Å². The van der Waals surface area contributed by atoms with Crippen LogP contribution in [0.5, 0.6) is 0 Å². The molecule has 0 amide bonds. The van der Waals surface area contributed by atoms with E-state index >= 15 is 0 Å². The Labute approximate surface area is 129 Å². The number of Topliss-reactive ketones (excluding diaryl/α,β-unsaturated/α-hetero) is 1. The van der Waals surface area contributed by atoms with Gasteiger partial charge in [0, 0.05) is 12.0 Å². The Kier molecular flexibility index (Phi) is 7.66. The first-order valence-corrected chi connectivity index (χ1v) is 8.39. The highest BCUT2D eigenvalue weighted by Crippen LogP contribution is 2.25. The monoisotopic (exact) mass is 290 g/mol. The maximum Gasteiger partial charge on any atom is 0.162 e. The summed E-state index contributed by atoms with van der Waals surface area (Å²) in [6.45, 7) is 6.26. The van der Waals surface area contributed by atoms with Gasteiger partial charge in [0.15, 0.2) is 5.78 Å². The predicted octanol–water partition coefficient (Wildman–Crippen LogP) is 4.93. The molecule has 0 spiro atoms. The average molecular weight is 290 g/mol. The number of rotatable bonds is 10. The summed E-state index contributed by atoms with van der Waals surface area (Å²) in [6.07, 6.45) is 6.83. The number of benzene rings is 1. The number of carbonyl (C=O) groups excluding carboxylic acids is 1. The van der Waals surface area contributed by atoms with Gasteiger partial charge in [0.25, 0.3) is 0 Å². The molecule has 118 valence electrons. The minimum Gasteiger partial charge on any atom is -0.390 e. The number of hydrogen-bond donors (Lipinski definition) is 1. The van der Waals surface area contributed by atoms with E-state index < -0.39 is 5.60 Å². The molecule has 0 aliphatic carbocycles. The average Bonchev–Trinajstić information content (AvgIpc) is 2.46. The van der Waals surface area contributed by atoms with Crippen molar-refractivity contribution in [2.45, 2.75) is 77.7 Å². The predicted molar refractivity (Wildman–Crippen MR) is 88.8 cm³/mol. The molecule has 21 heavy (non-hydrogen) atoms. The first-order chi connectivity index (χ1) is 10.0. The molecule has 0 fully saturated rings. The van der Waals surface area contributed by atoms with Crippen LogP contribution in [0.2, 0.25) is 0 Å². The topological polar surface area (TPSA) is 37.3 Å². The van der Waals surface area contributed by atoms with Crippen molar-refractivity contribution >= 4 is 5.78 Å². The second-order valence-electron chi connectivity index (χ2n) is 6.10. The minimum absolute atomic E-state index is 0.219. The number of carbonyl (C=O) groups is 1. The van der Waals surface area contributed by atoms with Gasteiger partial charge in [0.1, 0.15) is 0 Å². The summed E-state index contributed by atoms with van der Waals surface area (Å²) in [7, 11) is 0. The van der Waals surface area contributed by atoms with E-state index in [1.54, 1.807) is 0 Å². The molecular formula is C19H30O2. The van der Waals surface area contributed by atoms with Crippen LogP contribution in [0.1, 0.15) is 81.6 Å². The number of hydrogen-bond acceptors (Lipinski definition) is 2. The molecule has 0 heterocycles. The van der Waals surface area contributed by atoms with Crippen LogP contribution in [0.4, 0.5) is 0 Å². The summed E-state index contributed by atoms with van der Waals surface area (Å²) in [6, 6.07) is 7.90. The third-order valence-corrected chi connectivity index (χ3v) is 4.04. The van der Waals surface area contributed by atoms with Crippen LogP contribution in [0.25, 0.3) is 0 Å². The molecule has 0 saturated carbocycles. The summed E-state index contributed by atoms with van der Waals surface area (Å²) in [4.78, 5) is 12.0. The Morgan fingerprint density at radius 3 is 2.29 bits per heavy atom. The van der Waals surface area contributed by atoms with Gasteiger partial charge in [-0.3, -0.25) is 4.79 Å². The van der Waals surface area contributed by atoms with Gasteiger partial charge in [0.2, 0.25) is 0 Å². The lowest BCUT2D eigenvalue weighted by molar-refractivity contribution is 0.0132. The Morgan fingerprint density at radius 2 is 1.71 bits per heavy atom. The van der Waals surface area contributed by atoms with Gasteiger partial charge in [-0.2, -0.15) is 0 Å². The Hall–Kier alpha value is -1.15. The van der Waals surface area contributed by atoms with Crippen molar-refractivity contribution in [3.05, 3.63) is 35.4 Å². The van der Waals surface area contributed by atoms with E-state index in [1.807, 2.05) is 25.1 Å². The fourth-order valence-electron chi connectivity index (χ4n) is 2.95. The zero-order valence-electron chi connectivity index (χ0n) is 13.8. The number of ketones is 1. The van der Waals surface area contributed by atoms with Crippen molar-refractivity contribution in [2.75, 3.05) is 0 Å². The molecule has 0 radical (unpaired) electrons. The molecule has 1 rings (SSSR count). The Morgan fingerprint density at radius 1 is 1.05 bits per heavy atom.